The van der Waals surface area contributed by atoms with Crippen molar-refractivity contribution in [3.05, 3.63) is 59.7 Å². The van der Waals surface area contributed by atoms with Gasteiger partial charge >= 0.3 is 0 Å². The van der Waals surface area contributed by atoms with E-state index in [0.29, 0.717) is 22.9 Å². The summed E-state index contributed by atoms with van der Waals surface area (Å²) in [7, 11) is 1.75. The molecule has 0 atom stereocenters. The van der Waals surface area contributed by atoms with Crippen LogP contribution >= 0.6 is 0 Å². The highest BCUT2D eigenvalue weighted by atomic mass is 16.5. The van der Waals surface area contributed by atoms with Crippen molar-refractivity contribution in [3.63, 3.8) is 0 Å². The number of hydrogen-bond acceptors (Lipinski definition) is 5. The fourth-order valence-corrected chi connectivity index (χ4v) is 3.83. The third kappa shape index (κ3) is 3.86. The molecule has 2 aromatic carbocycles. The maximum absolute atomic E-state index is 12.4. The van der Waals surface area contributed by atoms with Crippen LogP contribution in [0.2, 0.25) is 0 Å². The fraction of sp³-hybridized carbons (Fsp3) is 0.318. The van der Waals surface area contributed by atoms with Crippen molar-refractivity contribution in [1.82, 2.24) is 4.90 Å². The van der Waals surface area contributed by atoms with Gasteiger partial charge in [0, 0.05) is 31.6 Å². The first kappa shape index (κ1) is 19.1. The Morgan fingerprint density at radius 1 is 1.00 bits per heavy atom. The molecule has 0 saturated carbocycles. The number of carbonyl (C=O) groups excluding carboxylic acids is 3. The zero-order valence-electron chi connectivity index (χ0n) is 16.3. The molecule has 1 N–H and O–H groups in total. The lowest BCUT2D eigenvalue weighted by Crippen LogP contribution is -2.37. The number of fused-ring (bicyclic) bond motifs is 1. The van der Waals surface area contributed by atoms with Gasteiger partial charge < -0.3 is 15.0 Å². The van der Waals surface area contributed by atoms with E-state index in [0.717, 1.165) is 36.5 Å². The molecule has 0 aliphatic carbocycles. The number of amides is 3. The molecule has 4 rings (SSSR count). The topological polar surface area (TPSA) is 79.0 Å². The molecule has 0 radical (unpaired) electrons. The normalized spacial score (nSPS) is 16.9. The van der Waals surface area contributed by atoms with Crippen LogP contribution in [0.15, 0.2) is 48.5 Å². The van der Waals surface area contributed by atoms with Gasteiger partial charge in [0.05, 0.1) is 17.2 Å². The van der Waals surface area contributed by atoms with Gasteiger partial charge in [0.1, 0.15) is 6.54 Å². The molecule has 150 valence electrons. The number of ether oxygens (including phenoxy) is 1. The predicted molar refractivity (Wildman–Crippen MR) is 109 cm³/mol. The Kier molecular flexibility index (Phi) is 5.31. The van der Waals surface area contributed by atoms with Gasteiger partial charge in [0.2, 0.25) is 5.91 Å². The van der Waals surface area contributed by atoms with Crippen molar-refractivity contribution in [2.45, 2.75) is 18.9 Å². The summed E-state index contributed by atoms with van der Waals surface area (Å²) < 4.78 is 5.40. The highest BCUT2D eigenvalue weighted by Crippen LogP contribution is 2.24. The van der Waals surface area contributed by atoms with Crippen molar-refractivity contribution in [2.75, 3.05) is 37.0 Å². The van der Waals surface area contributed by atoms with Crippen LogP contribution in [0.3, 0.4) is 0 Å². The summed E-state index contributed by atoms with van der Waals surface area (Å²) >= 11 is 0. The van der Waals surface area contributed by atoms with Gasteiger partial charge in [-0.25, -0.2) is 0 Å². The number of nitrogens with zero attached hydrogens (tertiary/aromatic N) is 2. The molecule has 1 saturated heterocycles. The third-order valence-corrected chi connectivity index (χ3v) is 5.47. The van der Waals surface area contributed by atoms with E-state index in [1.54, 1.807) is 31.4 Å². The first-order valence-corrected chi connectivity index (χ1v) is 9.69. The van der Waals surface area contributed by atoms with Gasteiger partial charge in [-0.3, -0.25) is 19.3 Å². The molecule has 0 aromatic heterocycles. The van der Waals surface area contributed by atoms with Crippen LogP contribution in [0.25, 0.3) is 0 Å². The molecule has 3 amide bonds. The second-order valence-corrected chi connectivity index (χ2v) is 7.26. The number of hydrogen-bond donors (Lipinski definition) is 1. The first-order chi connectivity index (χ1) is 14.1. The maximum atomic E-state index is 12.4. The monoisotopic (exact) mass is 393 g/mol. The van der Waals surface area contributed by atoms with Gasteiger partial charge in [0.25, 0.3) is 11.8 Å². The van der Waals surface area contributed by atoms with Crippen molar-refractivity contribution in [1.29, 1.82) is 0 Å². The van der Waals surface area contributed by atoms with Crippen LogP contribution in [0.1, 0.15) is 33.6 Å². The molecule has 0 spiro atoms. The molecule has 2 heterocycles. The molecule has 29 heavy (non-hydrogen) atoms. The van der Waals surface area contributed by atoms with Crippen molar-refractivity contribution < 1.29 is 19.1 Å². The van der Waals surface area contributed by atoms with Gasteiger partial charge in [-0.15, -0.1) is 0 Å². The average molecular weight is 393 g/mol. The summed E-state index contributed by atoms with van der Waals surface area (Å²) in [4.78, 5) is 40.4. The standard InChI is InChI=1S/C22H23N3O4/c1-29-17-10-12-24(13-11-17)16-8-6-15(7-9-16)23-20(26)14-25-21(27)18-4-2-3-5-19(18)22(25)28/h2-9,17H,10-14H2,1H3,(H,23,26). The number of benzene rings is 2. The summed E-state index contributed by atoms with van der Waals surface area (Å²) in [6.07, 6.45) is 2.32. The van der Waals surface area contributed by atoms with E-state index in [-0.39, 0.29) is 6.54 Å². The number of methoxy groups -OCH3 is 1. The average Bonchev–Trinajstić information content (AvgIpc) is 2.99. The van der Waals surface area contributed by atoms with E-state index in [2.05, 4.69) is 10.2 Å². The van der Waals surface area contributed by atoms with E-state index in [1.165, 1.54) is 0 Å². The summed E-state index contributed by atoms with van der Waals surface area (Å²) in [5.41, 5.74) is 2.40. The zero-order chi connectivity index (χ0) is 20.4. The molecular weight excluding hydrogens is 370 g/mol. The highest BCUT2D eigenvalue weighted by molar-refractivity contribution is 6.22. The SMILES string of the molecule is COC1CCN(c2ccc(NC(=O)CN3C(=O)c4ccccc4C3=O)cc2)CC1. The largest absolute Gasteiger partial charge is 0.381 e. The Balaban J connectivity index is 1.35. The smallest absolute Gasteiger partial charge is 0.262 e. The Morgan fingerprint density at radius 3 is 2.14 bits per heavy atom. The Labute approximate surface area is 169 Å². The Morgan fingerprint density at radius 2 is 1.59 bits per heavy atom. The number of imide groups is 1. The summed E-state index contributed by atoms with van der Waals surface area (Å²) in [5, 5.41) is 2.76. The molecule has 2 aliphatic rings. The Hall–Kier alpha value is -3.19. The van der Waals surface area contributed by atoms with Crippen LogP contribution < -0.4 is 10.2 Å². The number of rotatable bonds is 5. The quantitative estimate of drug-likeness (QED) is 0.790. The minimum atomic E-state index is -0.435. The maximum Gasteiger partial charge on any atom is 0.262 e. The minimum Gasteiger partial charge on any atom is -0.381 e. The van der Waals surface area contributed by atoms with Gasteiger partial charge in [0.15, 0.2) is 0 Å². The molecule has 0 unspecified atom stereocenters. The van der Waals surface area contributed by atoms with Crippen LogP contribution in [0.5, 0.6) is 0 Å². The molecule has 7 heteroatoms. The molecule has 1 fully saturated rings. The van der Waals surface area contributed by atoms with Crippen molar-refractivity contribution in [3.8, 4) is 0 Å². The van der Waals surface area contributed by atoms with E-state index in [1.807, 2.05) is 24.3 Å². The molecule has 0 bridgehead atoms. The zero-order valence-corrected chi connectivity index (χ0v) is 16.3. The first-order valence-electron chi connectivity index (χ1n) is 9.69. The fourth-order valence-electron chi connectivity index (χ4n) is 3.83. The van der Waals surface area contributed by atoms with Crippen LogP contribution in [0.4, 0.5) is 11.4 Å². The number of carbonyl (C=O) groups is 3. The number of anilines is 2. The second-order valence-electron chi connectivity index (χ2n) is 7.26. The molecule has 2 aliphatic heterocycles. The molecule has 7 nitrogen and oxygen atoms in total. The Bertz CT molecular complexity index is 898. The number of piperidine rings is 1. The number of nitrogens with one attached hydrogen (secondary N) is 1. The van der Waals surface area contributed by atoms with Crippen LogP contribution in [-0.2, 0) is 9.53 Å². The molecule has 2 aromatic rings. The van der Waals surface area contributed by atoms with Gasteiger partial charge in [-0.05, 0) is 49.2 Å². The lowest BCUT2D eigenvalue weighted by atomic mass is 10.1. The third-order valence-electron chi connectivity index (χ3n) is 5.47. The summed E-state index contributed by atoms with van der Waals surface area (Å²) in [6, 6.07) is 14.2. The van der Waals surface area contributed by atoms with Crippen LogP contribution in [0, 0.1) is 0 Å². The summed E-state index contributed by atoms with van der Waals surface area (Å²) in [5.74, 6) is -1.28. The van der Waals surface area contributed by atoms with E-state index in [9.17, 15) is 14.4 Å². The minimum absolute atomic E-state index is 0.307. The van der Waals surface area contributed by atoms with Crippen molar-refractivity contribution in [2.24, 2.45) is 0 Å². The lowest BCUT2D eigenvalue weighted by Gasteiger charge is -2.33. The van der Waals surface area contributed by atoms with Gasteiger partial charge in [-0.2, -0.15) is 0 Å². The van der Waals surface area contributed by atoms with E-state index >= 15 is 0 Å². The van der Waals surface area contributed by atoms with E-state index < -0.39 is 17.7 Å². The highest BCUT2D eigenvalue weighted by Gasteiger charge is 2.36. The van der Waals surface area contributed by atoms with Crippen molar-refractivity contribution >= 4 is 29.1 Å². The second kappa shape index (κ2) is 8.05. The van der Waals surface area contributed by atoms with Crippen LogP contribution in [-0.4, -0.2) is 55.5 Å². The predicted octanol–water partition coefficient (Wildman–Crippen LogP) is 2.54. The molecular formula is C22H23N3O4. The van der Waals surface area contributed by atoms with E-state index in [4.69, 9.17) is 4.74 Å². The summed E-state index contributed by atoms with van der Waals surface area (Å²) in [6.45, 7) is 1.56. The van der Waals surface area contributed by atoms with Gasteiger partial charge in [-0.1, -0.05) is 12.1 Å². The lowest BCUT2D eigenvalue weighted by molar-refractivity contribution is -0.116.